The van der Waals surface area contributed by atoms with E-state index in [9.17, 15) is 0 Å². The molecule has 123 heavy (non-hydrogen) atoms. The molecule has 0 saturated carbocycles. The van der Waals surface area contributed by atoms with Gasteiger partial charge in [-0.1, -0.05) is 0 Å². The molecule has 0 atom stereocenters. The average Bonchev–Trinajstić information content (AvgIpc) is 1.92. The number of aromatic amines is 3. The Balaban J connectivity index is 0.0000000970. The first-order valence-corrected chi connectivity index (χ1v) is 40.0. The minimum atomic E-state index is 0.881. The van der Waals surface area contributed by atoms with E-state index < -0.39 is 0 Å². The van der Waals surface area contributed by atoms with E-state index >= 15 is 0 Å². The summed E-state index contributed by atoms with van der Waals surface area (Å²) in [4.78, 5) is 89.5. The number of hydrogen-bond acceptors (Lipinski definition) is 18. The number of aryl methyl sites for hydroxylation is 9. The minimum absolute atomic E-state index is 0.881. The van der Waals surface area contributed by atoms with E-state index in [2.05, 4.69) is 160 Å². The molecule has 0 aliphatic rings. The summed E-state index contributed by atoms with van der Waals surface area (Å²) in [5.74, 6) is 0. The van der Waals surface area contributed by atoms with Crippen LogP contribution in [0.5, 0.6) is 0 Å². The van der Waals surface area contributed by atoms with Crippen molar-refractivity contribution in [2.75, 3.05) is 0 Å². The number of H-pyrrole nitrogens is 3. The molecule has 24 heteroatoms. The van der Waals surface area contributed by atoms with Crippen LogP contribution in [0.1, 0.15) is 34.2 Å². The van der Waals surface area contributed by atoms with Gasteiger partial charge in [0.2, 0.25) is 0 Å². The number of nitrogens with one attached hydrogen (secondary N) is 3. The maximum atomic E-state index is 4.84. The Hall–Kier alpha value is -16.5. The summed E-state index contributed by atoms with van der Waals surface area (Å²) in [6.07, 6.45) is 33.0. The molecule has 594 valence electrons. The van der Waals surface area contributed by atoms with Crippen LogP contribution in [0.3, 0.4) is 0 Å². The maximum absolute atomic E-state index is 4.84. The normalized spacial score (nSPS) is 11.3. The first-order chi connectivity index (χ1) is 60.2. The molecule has 0 radical (unpaired) electrons. The van der Waals surface area contributed by atoms with Crippen LogP contribution in [0.4, 0.5) is 0 Å². The Labute approximate surface area is 703 Å². The van der Waals surface area contributed by atoms with Gasteiger partial charge in [-0.3, -0.25) is 59.8 Å². The molecule has 24 aromatic rings. The fourth-order valence-electron chi connectivity index (χ4n) is 15.7. The van der Waals surface area contributed by atoms with Gasteiger partial charge in [0.1, 0.15) is 33.9 Å². The number of aromatic nitrogens is 24. The van der Waals surface area contributed by atoms with Crippen LogP contribution in [0.2, 0.25) is 0 Å². The third kappa shape index (κ3) is 15.1. The fourth-order valence-corrected chi connectivity index (χ4v) is 15.7. The largest absolute Gasteiger partial charge is 0.339 e. The number of fused-ring (bicyclic) bond motifs is 18. The SMILES string of the molecule is Cc1cc(-c2ccc3c(n2)[nH]c2ccncc23)ccn1.Cc1cc(-c2ccc3c4cnccc4n(C)c3n2)ccn1.Cc1ccc(-c2ccc3c(n2)[nH]c2ccncc23)cn1.Cc1ccc(-c2ccc3c4cnccc4n(C)c3n2)cn1.Cc1ncccc1-c1ccc2c(n1)[nH]c1ccncc12.Cc1ncccc1-c1ccc2c3cnccc3n(C)c2n1. The first-order valence-electron chi connectivity index (χ1n) is 40.0. The van der Waals surface area contributed by atoms with Gasteiger partial charge in [-0.25, -0.2) is 29.9 Å². The predicted octanol–water partition coefficient (Wildman–Crippen LogP) is 20.9. The van der Waals surface area contributed by atoms with Crippen LogP contribution in [0.15, 0.2) is 294 Å². The van der Waals surface area contributed by atoms with Crippen LogP contribution in [0.25, 0.3) is 199 Å². The highest BCUT2D eigenvalue weighted by molar-refractivity contribution is 6.11. The molecule has 0 aliphatic heterocycles. The van der Waals surface area contributed by atoms with Gasteiger partial charge in [0.25, 0.3) is 0 Å². The summed E-state index contributed by atoms with van der Waals surface area (Å²) in [7, 11) is 6.12. The molecular weight excluding hydrogens is 1530 g/mol. The molecule has 24 rings (SSSR count). The Morgan fingerprint density at radius 3 is 0.911 bits per heavy atom. The average molecular weight is 1600 g/mol. The molecule has 0 amide bonds. The summed E-state index contributed by atoms with van der Waals surface area (Å²) >= 11 is 0. The third-order valence-electron chi connectivity index (χ3n) is 22.1. The molecule has 24 nitrogen and oxygen atoms in total. The summed E-state index contributed by atoms with van der Waals surface area (Å²) in [5, 5.41) is 13.4. The van der Waals surface area contributed by atoms with E-state index in [1.54, 1.807) is 31.0 Å². The number of nitrogens with zero attached hydrogens (tertiary/aromatic N) is 21. The van der Waals surface area contributed by atoms with Crippen LogP contribution in [-0.4, -0.2) is 118 Å². The Morgan fingerprint density at radius 1 is 0.228 bits per heavy atom. The highest BCUT2D eigenvalue weighted by atomic mass is 15.0. The summed E-state index contributed by atoms with van der Waals surface area (Å²) in [6, 6.07) is 61.0. The Bertz CT molecular complexity index is 8100. The van der Waals surface area contributed by atoms with E-state index in [1.165, 1.54) is 0 Å². The Morgan fingerprint density at radius 2 is 0.545 bits per heavy atom. The van der Waals surface area contributed by atoms with Crippen molar-refractivity contribution >= 4 is 132 Å². The van der Waals surface area contributed by atoms with Crippen molar-refractivity contribution in [3.05, 3.63) is 328 Å². The van der Waals surface area contributed by atoms with Crippen LogP contribution in [0, 0.1) is 41.5 Å². The van der Waals surface area contributed by atoms with Crippen LogP contribution >= 0.6 is 0 Å². The van der Waals surface area contributed by atoms with Gasteiger partial charge in [-0.05, 0) is 224 Å². The van der Waals surface area contributed by atoms with Gasteiger partial charge in [-0.2, -0.15) is 0 Å². The lowest BCUT2D eigenvalue weighted by Crippen LogP contribution is -1.93. The van der Waals surface area contributed by atoms with Gasteiger partial charge in [0.05, 0.1) is 67.3 Å². The quantitative estimate of drug-likeness (QED) is 0.139. The molecule has 24 heterocycles. The van der Waals surface area contributed by atoms with Gasteiger partial charge < -0.3 is 28.7 Å². The third-order valence-corrected chi connectivity index (χ3v) is 22.1. The summed E-state index contributed by atoms with van der Waals surface area (Å²) in [5.41, 5.74) is 30.2. The zero-order valence-corrected chi connectivity index (χ0v) is 68.6. The van der Waals surface area contributed by atoms with Gasteiger partial charge in [0, 0.05) is 265 Å². The number of hydrogen-bond donors (Lipinski definition) is 3. The molecule has 0 unspecified atom stereocenters. The summed E-state index contributed by atoms with van der Waals surface area (Å²) in [6.45, 7) is 11.9. The molecule has 0 aromatic carbocycles. The second-order valence-electron chi connectivity index (χ2n) is 30.0. The molecular formula is C99H78N24. The van der Waals surface area contributed by atoms with Crippen LogP contribution < -0.4 is 0 Å². The van der Waals surface area contributed by atoms with Crippen molar-refractivity contribution in [1.82, 2.24) is 118 Å². The zero-order valence-electron chi connectivity index (χ0n) is 68.6. The highest BCUT2D eigenvalue weighted by Gasteiger charge is 2.18. The highest BCUT2D eigenvalue weighted by Crippen LogP contribution is 2.36. The number of rotatable bonds is 6. The maximum Gasteiger partial charge on any atom is 0.141 e. The van der Waals surface area contributed by atoms with Crippen molar-refractivity contribution in [2.24, 2.45) is 21.1 Å². The smallest absolute Gasteiger partial charge is 0.141 e. The van der Waals surface area contributed by atoms with Gasteiger partial charge in [-0.15, -0.1) is 0 Å². The van der Waals surface area contributed by atoms with Crippen molar-refractivity contribution in [1.29, 1.82) is 0 Å². The molecule has 0 aliphatic carbocycles. The first kappa shape index (κ1) is 76.5. The van der Waals surface area contributed by atoms with Crippen molar-refractivity contribution in [3.8, 4) is 67.5 Å². The van der Waals surface area contributed by atoms with Crippen molar-refractivity contribution in [2.45, 2.75) is 41.5 Å². The zero-order chi connectivity index (χ0) is 83.8. The molecule has 24 aromatic heterocycles. The lowest BCUT2D eigenvalue weighted by atomic mass is 10.1. The van der Waals surface area contributed by atoms with Gasteiger partial charge >= 0.3 is 0 Å². The van der Waals surface area contributed by atoms with E-state index in [0.29, 0.717) is 0 Å². The van der Waals surface area contributed by atoms with Crippen molar-refractivity contribution < 1.29 is 0 Å². The van der Waals surface area contributed by atoms with Crippen LogP contribution in [-0.2, 0) is 21.1 Å². The molecule has 0 saturated heterocycles. The van der Waals surface area contributed by atoms with Gasteiger partial charge in [0.15, 0.2) is 0 Å². The van der Waals surface area contributed by atoms with E-state index in [1.807, 2.05) is 259 Å². The Kier molecular flexibility index (Phi) is 20.4. The summed E-state index contributed by atoms with van der Waals surface area (Å²) < 4.78 is 6.34. The topological polar surface area (TPSA) is 294 Å². The van der Waals surface area contributed by atoms with Crippen molar-refractivity contribution in [3.63, 3.8) is 0 Å². The molecule has 0 bridgehead atoms. The van der Waals surface area contributed by atoms with E-state index in [0.717, 1.165) is 233 Å². The fraction of sp³-hybridized carbons (Fsp3) is 0.0909. The molecule has 0 spiro atoms. The number of pyridine rings is 18. The molecule has 3 N–H and O–H groups in total. The second kappa shape index (κ2) is 32.8. The second-order valence-corrected chi connectivity index (χ2v) is 30.0. The van der Waals surface area contributed by atoms with E-state index in [4.69, 9.17) is 24.9 Å². The lowest BCUT2D eigenvalue weighted by Gasteiger charge is -2.05. The minimum Gasteiger partial charge on any atom is -0.339 e. The standard InChI is InChI=1S/3C17H14N4.3C16H12N4/c1-11-9-12(5-8-19-11)15-4-3-13-14-10-18-7-6-16(14)21(2)17(13)20-15;1-11-3-4-12(9-19-11)15-6-5-13-14-10-18-8-7-16(14)21(2)17(13)20-15;1-11-12(4-3-8-19-11)15-6-5-13-14-10-18-9-7-16(14)21(2)17(13)20-15;1-10-8-11(4-7-18-10)14-3-2-12-13-9-17-6-5-15(13)20-16(12)19-14;1-10-2-3-11(8-18-10)14-5-4-12-13-9-17-7-6-15(13)20-16(12)19-14;1-10-11(3-2-7-18-10)14-5-4-12-13-9-17-8-6-15(13)20-16(12)19-14/h3*3-10H,1-2H3;3*2-9H,1H3,(H,19,20). The van der Waals surface area contributed by atoms with E-state index in [-0.39, 0.29) is 0 Å². The predicted molar refractivity (Wildman–Crippen MR) is 490 cm³/mol. The lowest BCUT2D eigenvalue weighted by molar-refractivity contribution is 0.989. The molecule has 0 fully saturated rings. The monoisotopic (exact) mass is 1600 g/mol.